The maximum absolute atomic E-state index is 9.09. The molecule has 1 atom stereocenters. The standard InChI is InChI=1S/C12H19NO2/c1-10(14)7-13-8-11-4-3-5-12(6-11)9-15-2/h3-6,10,13-14H,7-9H2,1-2H3/t10-/m1/s1. The van der Waals surface area contributed by atoms with E-state index in [0.29, 0.717) is 13.2 Å². The molecule has 0 radical (unpaired) electrons. The molecule has 0 aliphatic rings. The second-order valence-corrected chi connectivity index (χ2v) is 3.73. The first kappa shape index (κ1) is 12.2. The van der Waals surface area contributed by atoms with Crippen LogP contribution < -0.4 is 5.32 Å². The number of methoxy groups -OCH3 is 1. The molecule has 2 N–H and O–H groups in total. The monoisotopic (exact) mass is 209 g/mol. The third-order valence-corrected chi connectivity index (χ3v) is 2.07. The Morgan fingerprint density at radius 2 is 2.13 bits per heavy atom. The average molecular weight is 209 g/mol. The van der Waals surface area contributed by atoms with Crippen LogP contribution in [0.2, 0.25) is 0 Å². The Kier molecular flexibility index (Phi) is 5.32. The zero-order valence-electron chi connectivity index (χ0n) is 9.36. The Balaban J connectivity index is 2.43. The van der Waals surface area contributed by atoms with Crippen molar-refractivity contribution >= 4 is 0 Å². The second-order valence-electron chi connectivity index (χ2n) is 3.73. The first-order valence-electron chi connectivity index (χ1n) is 5.18. The summed E-state index contributed by atoms with van der Waals surface area (Å²) in [4.78, 5) is 0. The fourth-order valence-corrected chi connectivity index (χ4v) is 1.42. The molecule has 1 aromatic carbocycles. The molecule has 1 rings (SSSR count). The summed E-state index contributed by atoms with van der Waals surface area (Å²) < 4.78 is 5.07. The van der Waals surface area contributed by atoms with Crippen LogP contribution in [0.4, 0.5) is 0 Å². The van der Waals surface area contributed by atoms with Gasteiger partial charge in [0.2, 0.25) is 0 Å². The van der Waals surface area contributed by atoms with E-state index in [1.165, 1.54) is 11.1 Å². The van der Waals surface area contributed by atoms with Crippen molar-refractivity contribution < 1.29 is 9.84 Å². The molecule has 0 fully saturated rings. The predicted molar refractivity (Wildman–Crippen MR) is 60.5 cm³/mol. The van der Waals surface area contributed by atoms with Gasteiger partial charge >= 0.3 is 0 Å². The maximum Gasteiger partial charge on any atom is 0.0713 e. The van der Waals surface area contributed by atoms with E-state index < -0.39 is 0 Å². The Morgan fingerprint density at radius 1 is 1.40 bits per heavy atom. The van der Waals surface area contributed by atoms with Crippen molar-refractivity contribution in [3.8, 4) is 0 Å². The van der Waals surface area contributed by atoms with Gasteiger partial charge in [0.25, 0.3) is 0 Å². The molecular formula is C12H19NO2. The average Bonchev–Trinajstić information content (AvgIpc) is 2.18. The summed E-state index contributed by atoms with van der Waals surface area (Å²) in [7, 11) is 1.69. The molecule has 15 heavy (non-hydrogen) atoms. The molecule has 3 heteroatoms. The zero-order chi connectivity index (χ0) is 11.1. The topological polar surface area (TPSA) is 41.5 Å². The van der Waals surface area contributed by atoms with Crippen molar-refractivity contribution in [2.24, 2.45) is 0 Å². The Morgan fingerprint density at radius 3 is 2.80 bits per heavy atom. The van der Waals surface area contributed by atoms with Gasteiger partial charge in [-0.1, -0.05) is 24.3 Å². The van der Waals surface area contributed by atoms with Crippen LogP contribution in [-0.4, -0.2) is 24.9 Å². The van der Waals surface area contributed by atoms with Gasteiger partial charge in [0.15, 0.2) is 0 Å². The summed E-state index contributed by atoms with van der Waals surface area (Å²) in [5.41, 5.74) is 2.39. The quantitative estimate of drug-likeness (QED) is 0.742. The van der Waals surface area contributed by atoms with Crippen LogP contribution in [0.5, 0.6) is 0 Å². The summed E-state index contributed by atoms with van der Waals surface area (Å²) in [6.07, 6.45) is -0.299. The van der Waals surface area contributed by atoms with Crippen molar-refractivity contribution in [2.75, 3.05) is 13.7 Å². The lowest BCUT2D eigenvalue weighted by atomic mass is 10.1. The summed E-state index contributed by atoms with van der Waals surface area (Å²) >= 11 is 0. The van der Waals surface area contributed by atoms with E-state index in [4.69, 9.17) is 9.84 Å². The molecule has 3 nitrogen and oxygen atoms in total. The van der Waals surface area contributed by atoms with Crippen LogP contribution in [-0.2, 0) is 17.9 Å². The molecule has 0 aliphatic heterocycles. The summed E-state index contributed by atoms with van der Waals surface area (Å²) in [6.45, 7) is 3.82. The maximum atomic E-state index is 9.09. The van der Waals surface area contributed by atoms with E-state index in [1.54, 1.807) is 14.0 Å². The molecule has 0 amide bonds. The molecule has 0 bridgehead atoms. The largest absolute Gasteiger partial charge is 0.392 e. The molecule has 0 aromatic heterocycles. The van der Waals surface area contributed by atoms with Crippen LogP contribution in [0.25, 0.3) is 0 Å². The smallest absolute Gasteiger partial charge is 0.0713 e. The molecule has 84 valence electrons. The van der Waals surface area contributed by atoms with Crippen LogP contribution >= 0.6 is 0 Å². The van der Waals surface area contributed by atoms with Crippen molar-refractivity contribution in [1.82, 2.24) is 5.32 Å². The van der Waals surface area contributed by atoms with Gasteiger partial charge in [0.1, 0.15) is 0 Å². The summed E-state index contributed by atoms with van der Waals surface area (Å²) in [6, 6.07) is 8.24. The van der Waals surface area contributed by atoms with E-state index in [0.717, 1.165) is 6.54 Å². The fourth-order valence-electron chi connectivity index (χ4n) is 1.42. The van der Waals surface area contributed by atoms with Gasteiger partial charge in [-0.3, -0.25) is 0 Å². The number of nitrogens with one attached hydrogen (secondary N) is 1. The van der Waals surface area contributed by atoms with E-state index >= 15 is 0 Å². The molecule has 0 saturated carbocycles. The van der Waals surface area contributed by atoms with E-state index in [1.807, 2.05) is 12.1 Å². The zero-order valence-corrected chi connectivity index (χ0v) is 9.36. The number of hydrogen-bond acceptors (Lipinski definition) is 3. The van der Waals surface area contributed by atoms with Crippen molar-refractivity contribution in [1.29, 1.82) is 0 Å². The molecule has 0 aliphatic carbocycles. The van der Waals surface area contributed by atoms with Gasteiger partial charge in [0, 0.05) is 20.2 Å². The molecule has 0 heterocycles. The fraction of sp³-hybridized carbons (Fsp3) is 0.500. The van der Waals surface area contributed by atoms with E-state index in [2.05, 4.69) is 17.4 Å². The molecule has 0 unspecified atom stereocenters. The number of aliphatic hydroxyl groups is 1. The highest BCUT2D eigenvalue weighted by molar-refractivity contribution is 5.22. The molecule has 1 aromatic rings. The Bertz CT molecular complexity index is 287. The van der Waals surface area contributed by atoms with Gasteiger partial charge in [-0.15, -0.1) is 0 Å². The van der Waals surface area contributed by atoms with Gasteiger partial charge < -0.3 is 15.2 Å². The normalized spacial score (nSPS) is 12.7. The second kappa shape index (κ2) is 6.56. The first-order chi connectivity index (χ1) is 7.22. The predicted octanol–water partition coefficient (Wildman–Crippen LogP) is 1.30. The van der Waals surface area contributed by atoms with Crippen LogP contribution in [0.15, 0.2) is 24.3 Å². The molecule has 0 saturated heterocycles. The minimum atomic E-state index is -0.299. The first-order valence-corrected chi connectivity index (χ1v) is 5.18. The van der Waals surface area contributed by atoms with Crippen LogP contribution in [0.3, 0.4) is 0 Å². The van der Waals surface area contributed by atoms with Gasteiger partial charge in [-0.05, 0) is 18.1 Å². The number of rotatable bonds is 6. The van der Waals surface area contributed by atoms with Crippen molar-refractivity contribution in [3.63, 3.8) is 0 Å². The van der Waals surface area contributed by atoms with E-state index in [-0.39, 0.29) is 6.10 Å². The highest BCUT2D eigenvalue weighted by Gasteiger charge is 1.97. The van der Waals surface area contributed by atoms with E-state index in [9.17, 15) is 0 Å². The minimum Gasteiger partial charge on any atom is -0.392 e. The molecular weight excluding hydrogens is 190 g/mol. The summed E-state index contributed by atoms with van der Waals surface area (Å²) in [5.74, 6) is 0. The lowest BCUT2D eigenvalue weighted by Crippen LogP contribution is -2.23. The van der Waals surface area contributed by atoms with Gasteiger partial charge in [-0.25, -0.2) is 0 Å². The highest BCUT2D eigenvalue weighted by Crippen LogP contribution is 2.06. The lowest BCUT2D eigenvalue weighted by Gasteiger charge is -2.08. The molecule has 0 spiro atoms. The minimum absolute atomic E-state index is 0.299. The highest BCUT2D eigenvalue weighted by atomic mass is 16.5. The van der Waals surface area contributed by atoms with Crippen LogP contribution in [0, 0.1) is 0 Å². The van der Waals surface area contributed by atoms with Crippen molar-refractivity contribution in [3.05, 3.63) is 35.4 Å². The SMILES string of the molecule is COCc1cccc(CNC[C@@H](C)O)c1. The van der Waals surface area contributed by atoms with Crippen LogP contribution in [0.1, 0.15) is 18.1 Å². The Labute approximate surface area is 91.1 Å². The lowest BCUT2D eigenvalue weighted by molar-refractivity contribution is 0.184. The summed E-state index contributed by atoms with van der Waals surface area (Å²) in [5, 5.41) is 12.3. The number of hydrogen-bond donors (Lipinski definition) is 2. The third kappa shape index (κ3) is 4.93. The number of aliphatic hydroxyl groups excluding tert-OH is 1. The Hall–Kier alpha value is -0.900. The number of ether oxygens (including phenoxy) is 1. The third-order valence-electron chi connectivity index (χ3n) is 2.07. The van der Waals surface area contributed by atoms with Gasteiger partial charge in [0.05, 0.1) is 12.7 Å². The van der Waals surface area contributed by atoms with Crippen molar-refractivity contribution in [2.45, 2.75) is 26.2 Å². The number of benzene rings is 1. The van der Waals surface area contributed by atoms with Gasteiger partial charge in [-0.2, -0.15) is 0 Å².